The lowest BCUT2D eigenvalue weighted by Gasteiger charge is -2.12. The molecule has 0 atom stereocenters. The van der Waals surface area contributed by atoms with Crippen molar-refractivity contribution in [3.8, 4) is 0 Å². The first kappa shape index (κ1) is 13.0. The molecule has 1 aromatic carbocycles. The zero-order chi connectivity index (χ0) is 13.2. The van der Waals surface area contributed by atoms with Crippen LogP contribution < -0.4 is 5.43 Å². The third-order valence-corrected chi connectivity index (χ3v) is 2.02. The van der Waals surface area contributed by atoms with E-state index in [2.05, 4.69) is 5.43 Å². The quantitative estimate of drug-likeness (QED) is 0.638. The van der Waals surface area contributed by atoms with Gasteiger partial charge in [0.05, 0.1) is 10.5 Å². The first-order valence-electron chi connectivity index (χ1n) is 4.75. The number of carbonyl (C=O) groups is 1. The van der Waals surface area contributed by atoms with Crippen molar-refractivity contribution in [2.45, 2.75) is 6.92 Å². The van der Waals surface area contributed by atoms with Crippen LogP contribution in [0.15, 0.2) is 12.1 Å². The minimum absolute atomic E-state index is 0.0584. The highest BCUT2D eigenvalue weighted by Crippen LogP contribution is 2.20. The molecule has 0 spiro atoms. The van der Waals surface area contributed by atoms with Crippen molar-refractivity contribution in [2.75, 3.05) is 14.1 Å². The average molecular weight is 241 g/mol. The van der Waals surface area contributed by atoms with Gasteiger partial charge in [0.25, 0.3) is 11.6 Å². The first-order valence-corrected chi connectivity index (χ1v) is 4.75. The molecule has 0 radical (unpaired) electrons. The van der Waals surface area contributed by atoms with E-state index in [4.69, 9.17) is 0 Å². The summed E-state index contributed by atoms with van der Waals surface area (Å²) in [6, 6.07) is 2.00. The summed E-state index contributed by atoms with van der Waals surface area (Å²) in [5.41, 5.74) is 1.73. The Kier molecular flexibility index (Phi) is 3.74. The Bertz CT molecular complexity index is 474. The molecular weight excluding hydrogens is 229 g/mol. The van der Waals surface area contributed by atoms with Crippen LogP contribution in [0, 0.1) is 22.9 Å². The molecule has 0 fully saturated rings. The molecule has 1 rings (SSSR count). The van der Waals surface area contributed by atoms with E-state index in [1.54, 1.807) is 14.1 Å². The lowest BCUT2D eigenvalue weighted by atomic mass is 10.1. The van der Waals surface area contributed by atoms with Gasteiger partial charge in [-0.2, -0.15) is 0 Å². The zero-order valence-electron chi connectivity index (χ0n) is 9.65. The van der Waals surface area contributed by atoms with Crippen LogP contribution >= 0.6 is 0 Å². The van der Waals surface area contributed by atoms with Crippen LogP contribution in [0.5, 0.6) is 0 Å². The fraction of sp³-hybridized carbons (Fsp3) is 0.300. The Morgan fingerprint density at radius 2 is 2.06 bits per heavy atom. The van der Waals surface area contributed by atoms with Crippen molar-refractivity contribution in [3.05, 3.63) is 39.2 Å². The number of nitro benzene ring substituents is 1. The number of nitro groups is 1. The highest BCUT2D eigenvalue weighted by molar-refractivity contribution is 5.95. The Hall–Kier alpha value is -2.02. The van der Waals surface area contributed by atoms with Crippen molar-refractivity contribution < 1.29 is 14.1 Å². The number of hydrogen-bond donors (Lipinski definition) is 1. The van der Waals surface area contributed by atoms with Crippen molar-refractivity contribution >= 4 is 11.6 Å². The van der Waals surface area contributed by atoms with Crippen LogP contribution in [0.1, 0.15) is 15.9 Å². The Balaban J connectivity index is 3.22. The summed E-state index contributed by atoms with van der Waals surface area (Å²) < 4.78 is 13.6. The maximum Gasteiger partial charge on any atom is 0.270 e. The van der Waals surface area contributed by atoms with E-state index < -0.39 is 16.6 Å². The number of carbonyl (C=O) groups excluding carboxylic acids is 1. The second-order valence-corrected chi connectivity index (χ2v) is 3.72. The van der Waals surface area contributed by atoms with E-state index in [9.17, 15) is 19.3 Å². The molecule has 0 saturated carbocycles. The fourth-order valence-electron chi connectivity index (χ4n) is 1.28. The third kappa shape index (κ3) is 2.97. The second kappa shape index (κ2) is 4.88. The maximum absolute atomic E-state index is 13.6. The zero-order valence-corrected chi connectivity index (χ0v) is 9.65. The summed E-state index contributed by atoms with van der Waals surface area (Å²) in [7, 11) is 3.11. The number of nitrogens with zero attached hydrogens (tertiary/aromatic N) is 2. The van der Waals surface area contributed by atoms with Crippen LogP contribution in [0.25, 0.3) is 0 Å². The number of hydrazine groups is 1. The summed E-state index contributed by atoms with van der Waals surface area (Å²) >= 11 is 0. The number of benzene rings is 1. The third-order valence-electron chi connectivity index (χ3n) is 2.02. The molecule has 7 heteroatoms. The summed E-state index contributed by atoms with van der Waals surface area (Å²) in [6.45, 7) is 1.37. The molecule has 17 heavy (non-hydrogen) atoms. The number of hydrogen-bond acceptors (Lipinski definition) is 4. The molecule has 0 unspecified atom stereocenters. The van der Waals surface area contributed by atoms with Crippen molar-refractivity contribution in [1.82, 2.24) is 10.4 Å². The van der Waals surface area contributed by atoms with Gasteiger partial charge in [-0.15, -0.1) is 0 Å². The van der Waals surface area contributed by atoms with Gasteiger partial charge in [-0.25, -0.2) is 9.40 Å². The van der Waals surface area contributed by atoms with Gasteiger partial charge in [-0.3, -0.25) is 20.3 Å². The van der Waals surface area contributed by atoms with Crippen LogP contribution in [-0.2, 0) is 0 Å². The number of rotatable bonds is 3. The number of nitrogens with one attached hydrogen (secondary N) is 1. The minimum atomic E-state index is -0.755. The molecule has 0 aliphatic heterocycles. The topological polar surface area (TPSA) is 75.5 Å². The van der Waals surface area contributed by atoms with E-state index >= 15 is 0 Å². The van der Waals surface area contributed by atoms with Gasteiger partial charge < -0.3 is 0 Å². The molecule has 6 nitrogen and oxygen atoms in total. The lowest BCUT2D eigenvalue weighted by Crippen LogP contribution is -2.36. The SMILES string of the molecule is Cc1cc([N+](=O)[O-])cc(C(=O)NN(C)C)c1F. The summed E-state index contributed by atoms with van der Waals surface area (Å²) in [5, 5.41) is 11.9. The van der Waals surface area contributed by atoms with E-state index in [0.717, 1.165) is 12.1 Å². The van der Waals surface area contributed by atoms with Gasteiger partial charge in [0.15, 0.2) is 0 Å². The normalized spacial score (nSPS) is 10.4. The molecule has 0 bridgehead atoms. The van der Waals surface area contributed by atoms with Crippen LogP contribution in [0.2, 0.25) is 0 Å². The molecule has 1 N–H and O–H groups in total. The molecule has 1 amide bonds. The average Bonchev–Trinajstić information content (AvgIpc) is 2.20. The van der Waals surface area contributed by atoms with E-state index in [0.29, 0.717) is 0 Å². The highest BCUT2D eigenvalue weighted by Gasteiger charge is 2.19. The molecule has 0 aliphatic carbocycles. The Morgan fingerprint density at radius 1 is 1.47 bits per heavy atom. The largest absolute Gasteiger partial charge is 0.285 e. The van der Waals surface area contributed by atoms with Crippen molar-refractivity contribution in [1.29, 1.82) is 0 Å². The van der Waals surface area contributed by atoms with Gasteiger partial charge in [-0.1, -0.05) is 0 Å². The molecule has 92 valence electrons. The van der Waals surface area contributed by atoms with Gasteiger partial charge in [0.1, 0.15) is 5.82 Å². The smallest absolute Gasteiger partial charge is 0.270 e. The summed E-state index contributed by atoms with van der Waals surface area (Å²) in [5.74, 6) is -1.48. The predicted octanol–water partition coefficient (Wildman–Crippen LogP) is 1.25. The minimum Gasteiger partial charge on any atom is -0.285 e. The van der Waals surface area contributed by atoms with Crippen molar-refractivity contribution in [3.63, 3.8) is 0 Å². The maximum atomic E-state index is 13.6. The van der Waals surface area contributed by atoms with Gasteiger partial charge >= 0.3 is 0 Å². The number of amides is 1. The van der Waals surface area contributed by atoms with E-state index in [-0.39, 0.29) is 16.8 Å². The summed E-state index contributed by atoms with van der Waals surface area (Å²) in [6.07, 6.45) is 0. The van der Waals surface area contributed by atoms with Crippen LogP contribution in [0.4, 0.5) is 10.1 Å². The lowest BCUT2D eigenvalue weighted by molar-refractivity contribution is -0.385. The standard InChI is InChI=1S/C10H12FN3O3/c1-6-4-7(14(16)17)5-8(9(6)11)10(15)12-13(2)3/h4-5H,1-3H3,(H,12,15). The Morgan fingerprint density at radius 3 is 2.53 bits per heavy atom. The van der Waals surface area contributed by atoms with E-state index in [1.165, 1.54) is 11.9 Å². The van der Waals surface area contributed by atoms with Gasteiger partial charge in [0, 0.05) is 26.2 Å². The molecule has 1 aromatic rings. The summed E-state index contributed by atoms with van der Waals surface area (Å²) in [4.78, 5) is 21.5. The Labute approximate surface area is 97.2 Å². The molecule has 0 aliphatic rings. The molecule has 0 heterocycles. The van der Waals surface area contributed by atoms with Gasteiger partial charge in [-0.05, 0) is 12.5 Å². The van der Waals surface area contributed by atoms with Crippen molar-refractivity contribution in [2.24, 2.45) is 0 Å². The number of halogens is 1. The predicted molar refractivity (Wildman–Crippen MR) is 58.9 cm³/mol. The van der Waals surface area contributed by atoms with Crippen LogP contribution in [-0.4, -0.2) is 29.9 Å². The number of non-ortho nitro benzene ring substituents is 1. The number of aryl methyl sites for hydroxylation is 1. The molecule has 0 saturated heterocycles. The van der Waals surface area contributed by atoms with E-state index in [1.807, 2.05) is 0 Å². The first-order chi connectivity index (χ1) is 7.82. The van der Waals surface area contributed by atoms with Gasteiger partial charge in [0.2, 0.25) is 0 Å². The second-order valence-electron chi connectivity index (χ2n) is 3.72. The monoisotopic (exact) mass is 241 g/mol. The highest BCUT2D eigenvalue weighted by atomic mass is 19.1. The van der Waals surface area contributed by atoms with Crippen LogP contribution in [0.3, 0.4) is 0 Å². The molecule has 0 aromatic heterocycles. The molecular formula is C10H12FN3O3. The fourth-order valence-corrected chi connectivity index (χ4v) is 1.28.